The molecular formula is C22H15N3O3S. The summed E-state index contributed by atoms with van der Waals surface area (Å²) in [7, 11) is 0. The second kappa shape index (κ2) is 6.54. The lowest BCUT2D eigenvalue weighted by Gasteiger charge is -2.28. The minimum Gasteiger partial charge on any atom is -0.469 e. The molecule has 1 saturated heterocycles. The zero-order valence-corrected chi connectivity index (χ0v) is 15.9. The van der Waals surface area contributed by atoms with Gasteiger partial charge in [-0.15, -0.1) is 0 Å². The van der Waals surface area contributed by atoms with Crippen LogP contribution in [0, 0.1) is 17.2 Å². The average molecular weight is 401 g/mol. The Bertz CT molecular complexity index is 1230. The standard InChI is InChI=1S/C22H15N3O3S/c23-11-15-17(16-6-3-9-28-16)18-19(29-20(15)24)22(27)25(21(18)26)14-8-7-12-4-1-2-5-13(12)10-14/h1-10,17-19H,24H2/t17-,18+,19-/m0/s1. The van der Waals surface area contributed by atoms with Gasteiger partial charge in [0.1, 0.15) is 11.0 Å². The zero-order valence-electron chi connectivity index (χ0n) is 15.1. The Morgan fingerprint density at radius 2 is 1.83 bits per heavy atom. The fourth-order valence-electron chi connectivity index (χ4n) is 4.12. The zero-order chi connectivity index (χ0) is 20.1. The Morgan fingerprint density at radius 3 is 2.55 bits per heavy atom. The third-order valence-corrected chi connectivity index (χ3v) is 6.67. The maximum Gasteiger partial charge on any atom is 0.248 e. The first kappa shape index (κ1) is 17.6. The molecule has 0 saturated carbocycles. The number of benzene rings is 2. The SMILES string of the molecule is N#CC1=C(N)S[C@@H]2C(=O)N(c3ccc4ccccc4c3)C(=O)[C@@H]2[C@@H]1c1ccco1. The third-order valence-electron chi connectivity index (χ3n) is 5.45. The minimum atomic E-state index is -0.743. The molecule has 6 nitrogen and oxygen atoms in total. The molecule has 1 aromatic heterocycles. The molecule has 1 fully saturated rings. The lowest BCUT2D eigenvalue weighted by atomic mass is 9.82. The Hall–Kier alpha value is -3.50. The number of imide groups is 1. The molecule has 5 rings (SSSR count). The van der Waals surface area contributed by atoms with E-state index >= 15 is 0 Å². The van der Waals surface area contributed by atoms with Crippen LogP contribution in [0.2, 0.25) is 0 Å². The molecule has 0 spiro atoms. The summed E-state index contributed by atoms with van der Waals surface area (Å²) in [6.07, 6.45) is 1.49. The van der Waals surface area contributed by atoms with Crippen LogP contribution in [0.3, 0.4) is 0 Å². The van der Waals surface area contributed by atoms with Crippen molar-refractivity contribution in [1.82, 2.24) is 0 Å². The highest BCUT2D eigenvalue weighted by Crippen LogP contribution is 2.50. The lowest BCUT2D eigenvalue weighted by Crippen LogP contribution is -2.33. The van der Waals surface area contributed by atoms with Gasteiger partial charge in [0.2, 0.25) is 11.8 Å². The van der Waals surface area contributed by atoms with Crippen molar-refractivity contribution >= 4 is 40.0 Å². The van der Waals surface area contributed by atoms with E-state index in [2.05, 4.69) is 6.07 Å². The van der Waals surface area contributed by atoms with Gasteiger partial charge in [0.05, 0.1) is 40.5 Å². The van der Waals surface area contributed by atoms with Crippen molar-refractivity contribution in [3.63, 3.8) is 0 Å². The van der Waals surface area contributed by atoms with Gasteiger partial charge in [0, 0.05) is 0 Å². The molecule has 2 aromatic carbocycles. The van der Waals surface area contributed by atoms with Crippen molar-refractivity contribution < 1.29 is 14.0 Å². The topological polar surface area (TPSA) is 100 Å². The summed E-state index contributed by atoms with van der Waals surface area (Å²) >= 11 is 1.09. The maximum atomic E-state index is 13.4. The highest BCUT2D eigenvalue weighted by atomic mass is 32.2. The molecule has 3 heterocycles. The van der Waals surface area contributed by atoms with Gasteiger partial charge in [-0.3, -0.25) is 9.59 Å². The fraction of sp³-hybridized carbons (Fsp3) is 0.136. The van der Waals surface area contributed by atoms with E-state index in [-0.39, 0.29) is 22.4 Å². The number of nitrogens with two attached hydrogens (primary N) is 1. The molecule has 3 atom stereocenters. The number of hydrogen-bond donors (Lipinski definition) is 1. The monoisotopic (exact) mass is 401 g/mol. The van der Waals surface area contributed by atoms with E-state index in [4.69, 9.17) is 10.2 Å². The minimum absolute atomic E-state index is 0.261. The highest BCUT2D eigenvalue weighted by Gasteiger charge is 2.56. The number of thioether (sulfide) groups is 1. The van der Waals surface area contributed by atoms with Crippen LogP contribution in [0.15, 0.2) is 75.9 Å². The van der Waals surface area contributed by atoms with Crippen LogP contribution >= 0.6 is 11.8 Å². The molecule has 3 aromatic rings. The highest BCUT2D eigenvalue weighted by molar-refractivity contribution is 8.04. The van der Waals surface area contributed by atoms with Gasteiger partial charge in [0.15, 0.2) is 0 Å². The van der Waals surface area contributed by atoms with Gasteiger partial charge in [-0.25, -0.2) is 4.90 Å². The Balaban J connectivity index is 1.62. The Morgan fingerprint density at radius 1 is 1.03 bits per heavy atom. The summed E-state index contributed by atoms with van der Waals surface area (Å²) in [5.74, 6) is -1.63. The molecule has 0 unspecified atom stereocenters. The first-order chi connectivity index (χ1) is 14.1. The molecular weight excluding hydrogens is 386 g/mol. The van der Waals surface area contributed by atoms with Gasteiger partial charge < -0.3 is 10.2 Å². The van der Waals surface area contributed by atoms with Crippen LogP contribution < -0.4 is 10.6 Å². The summed E-state index contributed by atoms with van der Waals surface area (Å²) in [6.45, 7) is 0. The normalized spacial score (nSPS) is 24.1. The molecule has 0 radical (unpaired) electrons. The van der Waals surface area contributed by atoms with Crippen molar-refractivity contribution in [2.75, 3.05) is 4.90 Å². The van der Waals surface area contributed by atoms with Gasteiger partial charge in [-0.05, 0) is 35.0 Å². The molecule has 0 aliphatic carbocycles. The van der Waals surface area contributed by atoms with Crippen LogP contribution in [-0.2, 0) is 9.59 Å². The number of hydrogen-bond acceptors (Lipinski definition) is 6. The third kappa shape index (κ3) is 2.57. The van der Waals surface area contributed by atoms with Crippen LogP contribution in [0.4, 0.5) is 5.69 Å². The Kier molecular flexibility index (Phi) is 3.96. The number of allylic oxidation sites excluding steroid dienone is 1. The van der Waals surface area contributed by atoms with Crippen LogP contribution in [0.1, 0.15) is 11.7 Å². The van der Waals surface area contributed by atoms with Crippen LogP contribution in [-0.4, -0.2) is 17.1 Å². The fourth-order valence-corrected chi connectivity index (χ4v) is 5.32. The number of rotatable bonds is 2. The summed E-state index contributed by atoms with van der Waals surface area (Å²) < 4.78 is 5.51. The van der Waals surface area contributed by atoms with Gasteiger partial charge in [-0.1, -0.05) is 42.1 Å². The number of nitrogens with zero attached hydrogens (tertiary/aromatic N) is 2. The predicted octanol–water partition coefficient (Wildman–Crippen LogP) is 3.52. The van der Waals surface area contributed by atoms with Crippen LogP contribution in [0.5, 0.6) is 0 Å². The largest absolute Gasteiger partial charge is 0.469 e. The molecule has 2 amide bonds. The van der Waals surface area contributed by atoms with E-state index < -0.39 is 17.1 Å². The predicted molar refractivity (Wildman–Crippen MR) is 110 cm³/mol. The van der Waals surface area contributed by atoms with Crippen molar-refractivity contribution in [3.05, 3.63) is 77.2 Å². The maximum absolute atomic E-state index is 13.4. The summed E-state index contributed by atoms with van der Waals surface area (Å²) in [5.41, 5.74) is 6.89. The van der Waals surface area contributed by atoms with Crippen LogP contribution in [0.25, 0.3) is 10.8 Å². The van der Waals surface area contributed by atoms with Crippen molar-refractivity contribution in [1.29, 1.82) is 5.26 Å². The number of nitriles is 1. The lowest BCUT2D eigenvalue weighted by molar-refractivity contribution is -0.122. The Labute approximate surface area is 170 Å². The van der Waals surface area contributed by atoms with E-state index in [1.165, 1.54) is 11.2 Å². The van der Waals surface area contributed by atoms with Gasteiger partial charge >= 0.3 is 0 Å². The number of carbonyl (C=O) groups excluding carboxylic acids is 2. The quantitative estimate of drug-likeness (QED) is 0.660. The van der Waals surface area contributed by atoms with Gasteiger partial charge in [0.25, 0.3) is 0 Å². The van der Waals surface area contributed by atoms with Crippen molar-refractivity contribution in [2.45, 2.75) is 11.2 Å². The molecule has 29 heavy (non-hydrogen) atoms. The number of furan rings is 1. The van der Waals surface area contributed by atoms with Crippen molar-refractivity contribution in [2.24, 2.45) is 11.7 Å². The summed E-state index contributed by atoms with van der Waals surface area (Å²) in [5, 5.41) is 11.2. The van der Waals surface area contributed by atoms with E-state index in [1.54, 1.807) is 18.2 Å². The van der Waals surface area contributed by atoms with Gasteiger partial charge in [-0.2, -0.15) is 5.26 Å². The smallest absolute Gasteiger partial charge is 0.248 e. The molecule has 142 valence electrons. The first-order valence-electron chi connectivity index (χ1n) is 9.06. The number of fused-ring (bicyclic) bond motifs is 2. The molecule has 7 heteroatoms. The first-order valence-corrected chi connectivity index (χ1v) is 9.94. The average Bonchev–Trinajstić information content (AvgIpc) is 3.34. The summed E-state index contributed by atoms with van der Waals surface area (Å²) in [6, 6.07) is 18.7. The second-order valence-electron chi connectivity index (χ2n) is 6.99. The second-order valence-corrected chi connectivity index (χ2v) is 8.17. The molecule has 0 bridgehead atoms. The number of anilines is 1. The van der Waals surface area contributed by atoms with E-state index in [9.17, 15) is 14.9 Å². The summed E-state index contributed by atoms with van der Waals surface area (Å²) in [4.78, 5) is 27.9. The number of amides is 2. The molecule has 2 aliphatic rings. The molecule has 2 aliphatic heterocycles. The van der Waals surface area contributed by atoms with Crippen molar-refractivity contribution in [3.8, 4) is 6.07 Å². The van der Waals surface area contributed by atoms with E-state index in [0.29, 0.717) is 11.4 Å². The van der Waals surface area contributed by atoms with E-state index in [0.717, 1.165) is 22.5 Å². The molecule has 2 N–H and O–H groups in total. The number of carbonyl (C=O) groups is 2. The van der Waals surface area contributed by atoms with E-state index in [1.807, 2.05) is 36.4 Å².